The zero-order valence-corrected chi connectivity index (χ0v) is 9.08. The fourth-order valence-corrected chi connectivity index (χ4v) is 1.87. The highest BCUT2D eigenvalue weighted by atomic mass is 16.5. The Labute approximate surface area is 84.3 Å². The smallest absolute Gasteiger partial charge is 0.232 e. The van der Waals surface area contributed by atoms with Gasteiger partial charge < -0.3 is 9.42 Å². The van der Waals surface area contributed by atoms with Gasteiger partial charge in [-0.25, -0.2) is 0 Å². The predicted octanol–water partition coefficient (Wildman–Crippen LogP) is 1.36. The second-order valence-corrected chi connectivity index (χ2v) is 4.51. The first-order valence-corrected chi connectivity index (χ1v) is 5.09. The molecule has 0 saturated carbocycles. The van der Waals surface area contributed by atoms with Gasteiger partial charge in [0.1, 0.15) is 0 Å². The quantitative estimate of drug-likeness (QED) is 0.678. The monoisotopic (exact) mass is 195 g/mol. The standard InChI is InChI=1S/C10H17N3O/c1-8-11-9(14-12-8)10(2)4-6-13(3)7-5-10/h4-7H2,1-3H3. The van der Waals surface area contributed by atoms with Crippen LogP contribution in [0.1, 0.15) is 31.5 Å². The molecule has 0 amide bonds. The Kier molecular flexibility index (Phi) is 2.31. The number of hydrogen-bond acceptors (Lipinski definition) is 4. The van der Waals surface area contributed by atoms with E-state index >= 15 is 0 Å². The van der Waals surface area contributed by atoms with Crippen LogP contribution in [0.5, 0.6) is 0 Å². The zero-order valence-electron chi connectivity index (χ0n) is 9.08. The molecule has 0 aliphatic carbocycles. The molecule has 0 spiro atoms. The molecule has 4 nitrogen and oxygen atoms in total. The molecule has 0 unspecified atom stereocenters. The molecule has 0 N–H and O–H groups in total. The summed E-state index contributed by atoms with van der Waals surface area (Å²) in [7, 11) is 2.15. The first-order chi connectivity index (χ1) is 6.60. The largest absolute Gasteiger partial charge is 0.339 e. The second kappa shape index (κ2) is 3.35. The molecular weight excluding hydrogens is 178 g/mol. The van der Waals surface area contributed by atoms with E-state index in [2.05, 4.69) is 29.0 Å². The zero-order chi connectivity index (χ0) is 10.2. The van der Waals surface area contributed by atoms with E-state index in [1.807, 2.05) is 6.92 Å². The molecular formula is C10H17N3O. The molecule has 1 saturated heterocycles. The molecule has 14 heavy (non-hydrogen) atoms. The van der Waals surface area contributed by atoms with E-state index in [1.54, 1.807) is 0 Å². The van der Waals surface area contributed by atoms with Crippen molar-refractivity contribution in [2.45, 2.75) is 32.1 Å². The van der Waals surface area contributed by atoms with Gasteiger partial charge in [-0.2, -0.15) is 4.98 Å². The van der Waals surface area contributed by atoms with Gasteiger partial charge in [0.15, 0.2) is 5.82 Å². The topological polar surface area (TPSA) is 42.2 Å². The lowest BCUT2D eigenvalue weighted by molar-refractivity contribution is 0.165. The van der Waals surface area contributed by atoms with Gasteiger partial charge in [0.05, 0.1) is 0 Å². The van der Waals surface area contributed by atoms with Crippen LogP contribution in [-0.4, -0.2) is 35.2 Å². The number of rotatable bonds is 1. The maximum Gasteiger partial charge on any atom is 0.232 e. The highest BCUT2D eigenvalue weighted by Crippen LogP contribution is 2.33. The van der Waals surface area contributed by atoms with E-state index in [0.717, 1.165) is 37.6 Å². The van der Waals surface area contributed by atoms with Crippen LogP contribution >= 0.6 is 0 Å². The van der Waals surface area contributed by atoms with Crippen molar-refractivity contribution < 1.29 is 4.52 Å². The van der Waals surface area contributed by atoms with Gasteiger partial charge in [-0.1, -0.05) is 12.1 Å². The number of aryl methyl sites for hydroxylation is 1. The van der Waals surface area contributed by atoms with Gasteiger partial charge in [-0.3, -0.25) is 0 Å². The van der Waals surface area contributed by atoms with Crippen molar-refractivity contribution in [2.24, 2.45) is 0 Å². The number of nitrogens with zero attached hydrogens (tertiary/aromatic N) is 3. The molecule has 0 bridgehead atoms. The molecule has 1 aliphatic heterocycles. The lowest BCUT2D eigenvalue weighted by Crippen LogP contribution is -2.39. The summed E-state index contributed by atoms with van der Waals surface area (Å²) in [4.78, 5) is 6.67. The van der Waals surface area contributed by atoms with Crippen LogP contribution in [-0.2, 0) is 5.41 Å². The minimum Gasteiger partial charge on any atom is -0.339 e. The summed E-state index contributed by atoms with van der Waals surface area (Å²) >= 11 is 0. The van der Waals surface area contributed by atoms with Crippen LogP contribution in [0.2, 0.25) is 0 Å². The predicted molar refractivity (Wildman–Crippen MR) is 53.1 cm³/mol. The molecule has 1 aromatic heterocycles. The second-order valence-electron chi connectivity index (χ2n) is 4.51. The van der Waals surface area contributed by atoms with E-state index in [1.165, 1.54) is 0 Å². The van der Waals surface area contributed by atoms with Gasteiger partial charge in [0, 0.05) is 5.41 Å². The van der Waals surface area contributed by atoms with Crippen molar-refractivity contribution in [3.63, 3.8) is 0 Å². The molecule has 0 atom stereocenters. The van der Waals surface area contributed by atoms with E-state index in [-0.39, 0.29) is 5.41 Å². The summed E-state index contributed by atoms with van der Waals surface area (Å²) in [6.07, 6.45) is 2.20. The van der Waals surface area contributed by atoms with E-state index in [4.69, 9.17) is 4.52 Å². The maximum absolute atomic E-state index is 5.26. The van der Waals surface area contributed by atoms with Crippen molar-refractivity contribution in [3.05, 3.63) is 11.7 Å². The van der Waals surface area contributed by atoms with Crippen LogP contribution in [0.15, 0.2) is 4.52 Å². The van der Waals surface area contributed by atoms with Crippen molar-refractivity contribution in [2.75, 3.05) is 20.1 Å². The fourth-order valence-electron chi connectivity index (χ4n) is 1.87. The minimum atomic E-state index is 0.0910. The Balaban J connectivity index is 2.16. The third-order valence-electron chi connectivity index (χ3n) is 3.13. The Hall–Kier alpha value is -0.900. The fraction of sp³-hybridized carbons (Fsp3) is 0.800. The highest BCUT2D eigenvalue weighted by Gasteiger charge is 2.35. The third-order valence-corrected chi connectivity index (χ3v) is 3.13. The van der Waals surface area contributed by atoms with Crippen LogP contribution in [0.4, 0.5) is 0 Å². The number of aromatic nitrogens is 2. The normalized spacial score (nSPS) is 22.5. The molecule has 78 valence electrons. The van der Waals surface area contributed by atoms with Crippen molar-refractivity contribution >= 4 is 0 Å². The van der Waals surface area contributed by atoms with Crippen LogP contribution in [0.3, 0.4) is 0 Å². The van der Waals surface area contributed by atoms with E-state index < -0.39 is 0 Å². The summed E-state index contributed by atoms with van der Waals surface area (Å²) in [5.41, 5.74) is 0.0910. The molecule has 0 radical (unpaired) electrons. The van der Waals surface area contributed by atoms with Crippen LogP contribution < -0.4 is 0 Å². The SMILES string of the molecule is Cc1noc(C2(C)CCN(C)CC2)n1. The van der Waals surface area contributed by atoms with Crippen molar-refractivity contribution in [3.8, 4) is 0 Å². The molecule has 1 fully saturated rings. The first-order valence-electron chi connectivity index (χ1n) is 5.09. The maximum atomic E-state index is 5.26. The lowest BCUT2D eigenvalue weighted by atomic mass is 9.80. The van der Waals surface area contributed by atoms with E-state index in [9.17, 15) is 0 Å². The molecule has 2 heterocycles. The summed E-state index contributed by atoms with van der Waals surface area (Å²) in [6, 6.07) is 0. The summed E-state index contributed by atoms with van der Waals surface area (Å²) in [6.45, 7) is 6.30. The average Bonchev–Trinajstić information content (AvgIpc) is 2.58. The summed E-state index contributed by atoms with van der Waals surface area (Å²) < 4.78 is 5.26. The molecule has 0 aromatic carbocycles. The van der Waals surface area contributed by atoms with E-state index in [0.29, 0.717) is 0 Å². The molecule has 1 aromatic rings. The van der Waals surface area contributed by atoms with Gasteiger partial charge in [-0.15, -0.1) is 0 Å². The summed E-state index contributed by atoms with van der Waals surface area (Å²) in [5.74, 6) is 1.54. The minimum absolute atomic E-state index is 0.0910. The first kappa shape index (κ1) is 9.65. The average molecular weight is 195 g/mol. The van der Waals surface area contributed by atoms with Crippen LogP contribution in [0.25, 0.3) is 0 Å². The number of likely N-dealkylation sites (tertiary alicyclic amines) is 1. The van der Waals surface area contributed by atoms with Gasteiger partial charge in [0.2, 0.25) is 5.89 Å². The lowest BCUT2D eigenvalue weighted by Gasteiger charge is -2.34. The highest BCUT2D eigenvalue weighted by molar-refractivity contribution is 5.04. The van der Waals surface area contributed by atoms with Crippen LogP contribution in [0, 0.1) is 6.92 Å². The van der Waals surface area contributed by atoms with Gasteiger partial charge >= 0.3 is 0 Å². The Morgan fingerprint density at radius 1 is 1.36 bits per heavy atom. The number of piperidine rings is 1. The van der Waals surface area contributed by atoms with Gasteiger partial charge in [0.25, 0.3) is 0 Å². The van der Waals surface area contributed by atoms with Gasteiger partial charge in [-0.05, 0) is 39.9 Å². The molecule has 4 heteroatoms. The van der Waals surface area contributed by atoms with Crippen molar-refractivity contribution in [1.82, 2.24) is 15.0 Å². The number of hydrogen-bond donors (Lipinski definition) is 0. The molecule has 2 rings (SSSR count). The molecule has 1 aliphatic rings. The Bertz CT molecular complexity index is 313. The summed E-state index contributed by atoms with van der Waals surface area (Å²) in [5, 5.41) is 3.86. The van der Waals surface area contributed by atoms with Crippen molar-refractivity contribution in [1.29, 1.82) is 0 Å². The Morgan fingerprint density at radius 3 is 2.50 bits per heavy atom. The Morgan fingerprint density at radius 2 is 2.00 bits per heavy atom. The third kappa shape index (κ3) is 1.66.